The van der Waals surface area contributed by atoms with Gasteiger partial charge in [-0.15, -0.1) is 11.8 Å². The number of carbonyl (C=O) groups is 1. The predicted octanol–water partition coefficient (Wildman–Crippen LogP) is 1.46. The Labute approximate surface area is 92.5 Å². The molecular formula is C11H10N2OS. The molecule has 0 amide bonds. The third-order valence-electron chi connectivity index (χ3n) is 2.31. The van der Waals surface area contributed by atoms with E-state index in [1.165, 1.54) is 0 Å². The van der Waals surface area contributed by atoms with Crippen molar-refractivity contribution in [3.05, 3.63) is 35.4 Å². The molecule has 2 unspecified atom stereocenters. The molecule has 3 nitrogen and oxygen atoms in total. The summed E-state index contributed by atoms with van der Waals surface area (Å²) in [6, 6.07) is 9.48. The van der Waals surface area contributed by atoms with Gasteiger partial charge < -0.3 is 4.79 Å². The lowest BCUT2D eigenvalue weighted by Crippen LogP contribution is -2.26. The topological polar surface area (TPSA) is 52.9 Å². The average molecular weight is 218 g/mol. The van der Waals surface area contributed by atoms with Gasteiger partial charge in [0.2, 0.25) is 0 Å². The first-order valence-electron chi connectivity index (χ1n) is 4.66. The van der Waals surface area contributed by atoms with Crippen molar-refractivity contribution in [1.82, 2.24) is 5.32 Å². The molecule has 1 heterocycles. The maximum absolute atomic E-state index is 10.6. The molecule has 1 aromatic rings. The molecule has 1 aromatic carbocycles. The Kier molecular flexibility index (Phi) is 3.05. The van der Waals surface area contributed by atoms with Gasteiger partial charge >= 0.3 is 0 Å². The number of thioether (sulfide) groups is 1. The molecule has 76 valence electrons. The van der Waals surface area contributed by atoms with Crippen molar-refractivity contribution in [3.63, 3.8) is 0 Å². The third kappa shape index (κ3) is 2.20. The summed E-state index contributed by atoms with van der Waals surface area (Å²) in [5, 5.41) is 12.0. The fourth-order valence-electron chi connectivity index (χ4n) is 1.49. The molecule has 1 N–H and O–H groups in total. The van der Waals surface area contributed by atoms with Gasteiger partial charge in [-0.05, 0) is 17.7 Å². The van der Waals surface area contributed by atoms with Crippen LogP contribution in [-0.2, 0) is 4.79 Å². The van der Waals surface area contributed by atoms with Crippen LogP contribution in [0.15, 0.2) is 24.3 Å². The van der Waals surface area contributed by atoms with E-state index < -0.39 is 0 Å². The minimum absolute atomic E-state index is 0.0457. The average Bonchev–Trinajstić information content (AvgIpc) is 2.78. The van der Waals surface area contributed by atoms with Gasteiger partial charge in [0, 0.05) is 5.75 Å². The number of benzene rings is 1. The van der Waals surface area contributed by atoms with Crippen LogP contribution in [0.3, 0.4) is 0 Å². The Bertz CT molecular complexity index is 396. The summed E-state index contributed by atoms with van der Waals surface area (Å²) in [6.07, 6.45) is 0.941. The Hall–Kier alpha value is -1.31. The van der Waals surface area contributed by atoms with Crippen molar-refractivity contribution in [1.29, 1.82) is 5.26 Å². The van der Waals surface area contributed by atoms with Gasteiger partial charge in [-0.1, -0.05) is 12.1 Å². The van der Waals surface area contributed by atoms with E-state index in [9.17, 15) is 4.79 Å². The minimum atomic E-state index is -0.0457. The molecule has 1 saturated heterocycles. The first kappa shape index (κ1) is 10.2. The van der Waals surface area contributed by atoms with E-state index in [4.69, 9.17) is 5.26 Å². The number of nitrogens with one attached hydrogen (secondary N) is 1. The van der Waals surface area contributed by atoms with E-state index in [0.717, 1.165) is 17.6 Å². The van der Waals surface area contributed by atoms with Crippen molar-refractivity contribution in [2.75, 3.05) is 5.75 Å². The van der Waals surface area contributed by atoms with Crippen molar-refractivity contribution in [3.8, 4) is 6.07 Å². The van der Waals surface area contributed by atoms with Crippen molar-refractivity contribution in [2.24, 2.45) is 0 Å². The van der Waals surface area contributed by atoms with Crippen LogP contribution < -0.4 is 5.32 Å². The van der Waals surface area contributed by atoms with Crippen LogP contribution in [0.2, 0.25) is 0 Å². The number of rotatable bonds is 2. The second kappa shape index (κ2) is 4.47. The third-order valence-corrected chi connectivity index (χ3v) is 3.61. The SMILES string of the molecule is N#Cc1ccc(C2NC(C=O)CS2)cc1. The highest BCUT2D eigenvalue weighted by atomic mass is 32.2. The van der Waals surface area contributed by atoms with Gasteiger partial charge in [-0.2, -0.15) is 5.26 Å². The summed E-state index contributed by atoms with van der Waals surface area (Å²) < 4.78 is 0. The van der Waals surface area contributed by atoms with Gasteiger partial charge in [-0.25, -0.2) is 0 Å². The van der Waals surface area contributed by atoms with Gasteiger partial charge in [0.1, 0.15) is 6.29 Å². The van der Waals surface area contributed by atoms with Gasteiger partial charge in [0.05, 0.1) is 23.0 Å². The number of nitriles is 1. The predicted molar refractivity (Wildman–Crippen MR) is 59.3 cm³/mol. The highest BCUT2D eigenvalue weighted by Crippen LogP contribution is 2.32. The van der Waals surface area contributed by atoms with Crippen LogP contribution in [0, 0.1) is 11.3 Å². The fourth-order valence-corrected chi connectivity index (χ4v) is 2.69. The number of nitrogens with zero attached hydrogens (tertiary/aromatic N) is 1. The standard InChI is InChI=1S/C11H10N2OS/c12-5-8-1-3-9(4-2-8)11-13-10(6-14)7-15-11/h1-4,6,10-11,13H,7H2. The normalized spacial score (nSPS) is 24.7. The van der Waals surface area contributed by atoms with Crippen LogP contribution in [0.4, 0.5) is 0 Å². The van der Waals surface area contributed by atoms with Gasteiger partial charge in [0.25, 0.3) is 0 Å². The Morgan fingerprint density at radius 1 is 1.47 bits per heavy atom. The minimum Gasteiger partial charge on any atom is -0.302 e. The van der Waals surface area contributed by atoms with Crippen LogP contribution in [0.25, 0.3) is 0 Å². The zero-order valence-electron chi connectivity index (χ0n) is 8.01. The fraction of sp³-hybridized carbons (Fsp3) is 0.273. The summed E-state index contributed by atoms with van der Waals surface area (Å²) >= 11 is 1.72. The molecule has 0 radical (unpaired) electrons. The van der Waals surface area contributed by atoms with Crippen LogP contribution in [-0.4, -0.2) is 18.1 Å². The van der Waals surface area contributed by atoms with E-state index in [1.54, 1.807) is 23.9 Å². The number of hydrogen-bond acceptors (Lipinski definition) is 4. The molecule has 0 spiro atoms. The zero-order valence-corrected chi connectivity index (χ0v) is 8.83. The molecule has 2 rings (SSSR count). The molecule has 0 aliphatic carbocycles. The molecular weight excluding hydrogens is 208 g/mol. The first-order valence-corrected chi connectivity index (χ1v) is 5.71. The summed E-state index contributed by atoms with van der Waals surface area (Å²) in [5.41, 5.74) is 1.78. The molecule has 1 aliphatic rings. The second-order valence-corrected chi connectivity index (χ2v) is 4.49. The number of carbonyl (C=O) groups excluding carboxylic acids is 1. The van der Waals surface area contributed by atoms with Crippen LogP contribution in [0.1, 0.15) is 16.5 Å². The smallest absolute Gasteiger partial charge is 0.137 e. The summed E-state index contributed by atoms with van der Waals surface area (Å²) in [7, 11) is 0. The molecule has 15 heavy (non-hydrogen) atoms. The van der Waals surface area contributed by atoms with E-state index in [0.29, 0.717) is 5.56 Å². The molecule has 4 heteroatoms. The lowest BCUT2D eigenvalue weighted by Gasteiger charge is -2.10. The number of aldehydes is 1. The van der Waals surface area contributed by atoms with Gasteiger partial charge in [0.15, 0.2) is 0 Å². The second-order valence-electron chi connectivity index (χ2n) is 3.36. The zero-order chi connectivity index (χ0) is 10.7. The van der Waals surface area contributed by atoms with Gasteiger partial charge in [-0.3, -0.25) is 5.32 Å². The van der Waals surface area contributed by atoms with Crippen LogP contribution in [0.5, 0.6) is 0 Å². The van der Waals surface area contributed by atoms with E-state index in [-0.39, 0.29) is 11.4 Å². The maximum Gasteiger partial charge on any atom is 0.137 e. The monoisotopic (exact) mass is 218 g/mol. The lowest BCUT2D eigenvalue weighted by atomic mass is 10.1. The molecule has 1 fully saturated rings. The van der Waals surface area contributed by atoms with Crippen molar-refractivity contribution in [2.45, 2.75) is 11.4 Å². The van der Waals surface area contributed by atoms with E-state index in [2.05, 4.69) is 11.4 Å². The Morgan fingerprint density at radius 2 is 2.20 bits per heavy atom. The lowest BCUT2D eigenvalue weighted by molar-refractivity contribution is -0.109. The molecule has 0 aromatic heterocycles. The van der Waals surface area contributed by atoms with E-state index in [1.807, 2.05) is 12.1 Å². The summed E-state index contributed by atoms with van der Waals surface area (Å²) in [6.45, 7) is 0. The molecule has 1 aliphatic heterocycles. The van der Waals surface area contributed by atoms with Crippen molar-refractivity contribution >= 4 is 18.0 Å². The highest BCUT2D eigenvalue weighted by molar-refractivity contribution is 7.99. The summed E-state index contributed by atoms with van der Waals surface area (Å²) in [5.74, 6) is 0.814. The van der Waals surface area contributed by atoms with Crippen molar-refractivity contribution < 1.29 is 4.79 Å². The molecule has 0 saturated carbocycles. The maximum atomic E-state index is 10.6. The van der Waals surface area contributed by atoms with Crippen LogP contribution >= 0.6 is 11.8 Å². The first-order chi connectivity index (χ1) is 7.33. The highest BCUT2D eigenvalue weighted by Gasteiger charge is 2.24. The number of hydrogen-bond donors (Lipinski definition) is 1. The van der Waals surface area contributed by atoms with E-state index >= 15 is 0 Å². The molecule has 0 bridgehead atoms. The largest absolute Gasteiger partial charge is 0.302 e. The Morgan fingerprint density at radius 3 is 2.73 bits per heavy atom. The quantitative estimate of drug-likeness (QED) is 0.763. The molecule has 2 atom stereocenters. The summed E-state index contributed by atoms with van der Waals surface area (Å²) in [4.78, 5) is 10.6. The Balaban J connectivity index is 2.11.